The summed E-state index contributed by atoms with van der Waals surface area (Å²) in [5.41, 5.74) is 4.15. The van der Waals surface area contributed by atoms with Gasteiger partial charge in [-0.25, -0.2) is 4.98 Å². The lowest BCUT2D eigenvalue weighted by Gasteiger charge is -2.14. The Hall–Kier alpha value is -1.92. The van der Waals surface area contributed by atoms with Gasteiger partial charge >= 0.3 is 0 Å². The van der Waals surface area contributed by atoms with E-state index in [-0.39, 0.29) is 0 Å². The molecule has 0 spiro atoms. The van der Waals surface area contributed by atoms with E-state index in [2.05, 4.69) is 36.7 Å². The molecule has 6 heteroatoms. The number of nitrogens with zero attached hydrogens (tertiary/aromatic N) is 3. The highest BCUT2D eigenvalue weighted by atomic mass is 32.1. The number of anilines is 1. The SMILES string of the molecule is CCOCCCNc1c(CC)c(C)nc2cc(-c3cccs3)nn12. The first kappa shape index (κ1) is 16.9. The van der Waals surface area contributed by atoms with E-state index in [0.717, 1.165) is 55.5 Å². The predicted octanol–water partition coefficient (Wildman–Crippen LogP) is 4.17. The fourth-order valence-electron chi connectivity index (χ4n) is 2.83. The van der Waals surface area contributed by atoms with Crippen LogP contribution in [0.15, 0.2) is 23.6 Å². The Morgan fingerprint density at radius 3 is 2.92 bits per heavy atom. The van der Waals surface area contributed by atoms with Gasteiger partial charge in [0.15, 0.2) is 5.65 Å². The number of thiophene rings is 1. The summed E-state index contributed by atoms with van der Waals surface area (Å²) in [6.07, 6.45) is 1.90. The van der Waals surface area contributed by atoms with Crippen LogP contribution in [0.2, 0.25) is 0 Å². The van der Waals surface area contributed by atoms with Crippen LogP contribution in [0.5, 0.6) is 0 Å². The minimum Gasteiger partial charge on any atom is -0.382 e. The summed E-state index contributed by atoms with van der Waals surface area (Å²) >= 11 is 1.70. The second-order valence-electron chi connectivity index (χ2n) is 5.63. The molecule has 5 nitrogen and oxygen atoms in total. The van der Waals surface area contributed by atoms with E-state index in [1.54, 1.807) is 11.3 Å². The van der Waals surface area contributed by atoms with Crippen molar-refractivity contribution in [3.05, 3.63) is 34.8 Å². The fourth-order valence-corrected chi connectivity index (χ4v) is 3.51. The Morgan fingerprint density at radius 2 is 2.21 bits per heavy atom. The predicted molar refractivity (Wildman–Crippen MR) is 100 cm³/mol. The van der Waals surface area contributed by atoms with Crippen molar-refractivity contribution in [1.82, 2.24) is 14.6 Å². The molecule has 0 aliphatic carbocycles. The zero-order chi connectivity index (χ0) is 16.9. The van der Waals surface area contributed by atoms with E-state index >= 15 is 0 Å². The molecule has 3 rings (SSSR count). The van der Waals surface area contributed by atoms with Crippen LogP contribution in [0.4, 0.5) is 5.82 Å². The molecule has 0 aliphatic rings. The Bertz CT molecular complexity index is 795. The van der Waals surface area contributed by atoms with E-state index in [0.29, 0.717) is 0 Å². The van der Waals surface area contributed by atoms with Gasteiger partial charge in [-0.3, -0.25) is 0 Å². The Kier molecular flexibility index (Phi) is 5.48. The van der Waals surface area contributed by atoms with Gasteiger partial charge in [0.25, 0.3) is 0 Å². The van der Waals surface area contributed by atoms with Crippen molar-refractivity contribution >= 4 is 22.8 Å². The molecular weight excluding hydrogens is 320 g/mol. The maximum absolute atomic E-state index is 5.42. The van der Waals surface area contributed by atoms with Gasteiger partial charge in [0.2, 0.25) is 0 Å². The lowest BCUT2D eigenvalue weighted by molar-refractivity contribution is 0.147. The first-order chi connectivity index (χ1) is 11.7. The zero-order valence-corrected chi connectivity index (χ0v) is 15.3. The molecule has 3 aromatic rings. The summed E-state index contributed by atoms with van der Waals surface area (Å²) in [5, 5.41) is 10.4. The quantitative estimate of drug-likeness (QED) is 0.623. The average molecular weight is 344 g/mol. The van der Waals surface area contributed by atoms with Crippen molar-refractivity contribution < 1.29 is 4.74 Å². The largest absolute Gasteiger partial charge is 0.382 e. The molecule has 1 N–H and O–H groups in total. The minimum atomic E-state index is 0.766. The van der Waals surface area contributed by atoms with Gasteiger partial charge < -0.3 is 10.1 Å². The summed E-state index contributed by atoms with van der Waals surface area (Å²) in [6, 6.07) is 6.20. The zero-order valence-electron chi connectivity index (χ0n) is 14.5. The average Bonchev–Trinajstić information content (AvgIpc) is 3.23. The monoisotopic (exact) mass is 344 g/mol. The smallest absolute Gasteiger partial charge is 0.158 e. The van der Waals surface area contributed by atoms with Crippen LogP contribution < -0.4 is 5.32 Å². The number of fused-ring (bicyclic) bond motifs is 1. The molecule has 0 amide bonds. The molecule has 3 aromatic heterocycles. The second-order valence-corrected chi connectivity index (χ2v) is 6.58. The van der Waals surface area contributed by atoms with E-state index in [9.17, 15) is 0 Å². The standard InChI is InChI=1S/C18H24N4OS/c1-4-14-13(3)20-17-12-15(16-8-6-11-24-16)21-22(17)18(14)19-9-7-10-23-5-2/h6,8,11-12,19H,4-5,7,9-10H2,1-3H3. The lowest BCUT2D eigenvalue weighted by atomic mass is 10.1. The molecule has 128 valence electrons. The number of nitrogens with one attached hydrogen (secondary N) is 1. The number of hydrogen-bond acceptors (Lipinski definition) is 5. The van der Waals surface area contributed by atoms with Crippen molar-refractivity contribution in [1.29, 1.82) is 0 Å². The van der Waals surface area contributed by atoms with E-state index in [1.807, 2.05) is 17.5 Å². The molecule has 0 saturated carbocycles. The number of rotatable bonds is 8. The van der Waals surface area contributed by atoms with Gasteiger partial charge in [-0.05, 0) is 38.1 Å². The molecule has 0 aromatic carbocycles. The maximum atomic E-state index is 5.42. The van der Waals surface area contributed by atoms with Crippen molar-refractivity contribution in [2.45, 2.75) is 33.6 Å². The first-order valence-corrected chi connectivity index (χ1v) is 9.37. The van der Waals surface area contributed by atoms with Crippen LogP contribution in [0.1, 0.15) is 31.5 Å². The van der Waals surface area contributed by atoms with Crippen LogP contribution in [0.25, 0.3) is 16.2 Å². The summed E-state index contributed by atoms with van der Waals surface area (Å²) in [4.78, 5) is 5.90. The molecule has 0 bridgehead atoms. The molecule has 0 saturated heterocycles. The van der Waals surface area contributed by atoms with Crippen LogP contribution in [-0.4, -0.2) is 34.4 Å². The third kappa shape index (κ3) is 3.44. The van der Waals surface area contributed by atoms with E-state index in [1.165, 1.54) is 10.4 Å². The van der Waals surface area contributed by atoms with Crippen LogP contribution in [-0.2, 0) is 11.2 Å². The molecule has 0 aliphatic heterocycles. The summed E-state index contributed by atoms with van der Waals surface area (Å²) in [7, 11) is 0. The Balaban J connectivity index is 1.94. The Morgan fingerprint density at radius 1 is 1.33 bits per heavy atom. The van der Waals surface area contributed by atoms with Gasteiger partial charge in [0.1, 0.15) is 11.5 Å². The van der Waals surface area contributed by atoms with Gasteiger partial charge in [-0.1, -0.05) is 13.0 Å². The second kappa shape index (κ2) is 7.77. The lowest BCUT2D eigenvalue weighted by Crippen LogP contribution is -2.13. The normalized spacial score (nSPS) is 11.3. The highest BCUT2D eigenvalue weighted by Crippen LogP contribution is 2.27. The van der Waals surface area contributed by atoms with Crippen molar-refractivity contribution in [3.63, 3.8) is 0 Å². The van der Waals surface area contributed by atoms with Crippen LogP contribution >= 0.6 is 11.3 Å². The van der Waals surface area contributed by atoms with Gasteiger partial charge in [0, 0.05) is 37.1 Å². The minimum absolute atomic E-state index is 0.766. The molecule has 24 heavy (non-hydrogen) atoms. The van der Waals surface area contributed by atoms with Crippen molar-refractivity contribution in [2.24, 2.45) is 0 Å². The molecular formula is C18H24N4OS. The maximum Gasteiger partial charge on any atom is 0.158 e. The van der Waals surface area contributed by atoms with E-state index in [4.69, 9.17) is 14.8 Å². The Labute approximate surface area is 146 Å². The molecule has 0 unspecified atom stereocenters. The number of hydrogen-bond donors (Lipinski definition) is 1. The summed E-state index contributed by atoms with van der Waals surface area (Å²) in [6.45, 7) is 8.65. The fraction of sp³-hybridized carbons (Fsp3) is 0.444. The van der Waals surface area contributed by atoms with Crippen LogP contribution in [0.3, 0.4) is 0 Å². The van der Waals surface area contributed by atoms with Gasteiger partial charge in [-0.15, -0.1) is 11.3 Å². The third-order valence-corrected chi connectivity index (χ3v) is 4.89. The summed E-state index contributed by atoms with van der Waals surface area (Å²) in [5.74, 6) is 1.05. The van der Waals surface area contributed by atoms with Gasteiger partial charge in [0.05, 0.1) is 4.88 Å². The number of aryl methyl sites for hydroxylation is 1. The highest BCUT2D eigenvalue weighted by Gasteiger charge is 2.15. The number of ether oxygens (including phenoxy) is 1. The van der Waals surface area contributed by atoms with Crippen molar-refractivity contribution in [2.75, 3.05) is 25.1 Å². The third-order valence-electron chi connectivity index (χ3n) is 4.00. The van der Waals surface area contributed by atoms with Gasteiger partial charge in [-0.2, -0.15) is 9.61 Å². The molecule has 3 heterocycles. The molecule has 0 atom stereocenters. The number of aromatic nitrogens is 3. The topological polar surface area (TPSA) is 51.5 Å². The molecule has 0 fully saturated rings. The summed E-state index contributed by atoms with van der Waals surface area (Å²) < 4.78 is 7.36. The van der Waals surface area contributed by atoms with Crippen molar-refractivity contribution in [3.8, 4) is 10.6 Å². The highest BCUT2D eigenvalue weighted by molar-refractivity contribution is 7.13. The molecule has 0 radical (unpaired) electrons. The van der Waals surface area contributed by atoms with E-state index < -0.39 is 0 Å². The first-order valence-electron chi connectivity index (χ1n) is 8.49. The van der Waals surface area contributed by atoms with Crippen LogP contribution in [0, 0.1) is 6.92 Å².